The Morgan fingerprint density at radius 3 is 2.58 bits per heavy atom. The summed E-state index contributed by atoms with van der Waals surface area (Å²) in [5, 5.41) is 2.93. The third-order valence-electron chi connectivity index (χ3n) is 3.14. The van der Waals surface area contributed by atoms with Gasteiger partial charge in [-0.05, 0) is 43.0 Å². The van der Waals surface area contributed by atoms with Gasteiger partial charge in [-0.25, -0.2) is 4.39 Å². The van der Waals surface area contributed by atoms with E-state index >= 15 is 0 Å². The molecule has 0 radical (unpaired) electrons. The van der Waals surface area contributed by atoms with Crippen LogP contribution in [-0.4, -0.2) is 19.0 Å². The quantitative estimate of drug-likeness (QED) is 0.758. The highest BCUT2D eigenvalue weighted by Crippen LogP contribution is 2.09. The second-order valence-electron chi connectivity index (χ2n) is 4.84. The molecular weight excluding hydrogens is 243 g/mol. The van der Waals surface area contributed by atoms with Crippen LogP contribution in [0, 0.1) is 11.7 Å². The van der Waals surface area contributed by atoms with E-state index in [0.717, 1.165) is 24.8 Å². The first-order valence-corrected chi connectivity index (χ1v) is 6.87. The summed E-state index contributed by atoms with van der Waals surface area (Å²) in [6.45, 7) is 3.45. The molecule has 0 bridgehead atoms. The topological polar surface area (TPSA) is 55.1 Å². The first-order chi connectivity index (χ1) is 9.15. The molecule has 0 saturated carbocycles. The standard InChI is InChI=1S/C15H23FN2O/c1-2-3-13(8-9-17)11-18-15(19)10-12-4-6-14(16)7-5-12/h4-7,13H,2-3,8-11,17H2,1H3,(H,18,19). The fraction of sp³-hybridized carbons (Fsp3) is 0.533. The number of rotatable bonds is 8. The predicted molar refractivity (Wildman–Crippen MR) is 75.2 cm³/mol. The van der Waals surface area contributed by atoms with Gasteiger partial charge in [-0.3, -0.25) is 4.79 Å². The zero-order valence-electron chi connectivity index (χ0n) is 11.5. The average Bonchev–Trinajstić information content (AvgIpc) is 2.39. The van der Waals surface area contributed by atoms with E-state index in [1.54, 1.807) is 12.1 Å². The number of hydrogen-bond acceptors (Lipinski definition) is 2. The monoisotopic (exact) mass is 266 g/mol. The zero-order chi connectivity index (χ0) is 14.1. The van der Waals surface area contributed by atoms with Gasteiger partial charge in [-0.2, -0.15) is 0 Å². The summed E-state index contributed by atoms with van der Waals surface area (Å²) >= 11 is 0. The van der Waals surface area contributed by atoms with Crippen LogP contribution in [0.5, 0.6) is 0 Å². The van der Waals surface area contributed by atoms with Crippen molar-refractivity contribution in [2.45, 2.75) is 32.6 Å². The van der Waals surface area contributed by atoms with E-state index in [-0.39, 0.29) is 11.7 Å². The van der Waals surface area contributed by atoms with Crippen LogP contribution in [0.3, 0.4) is 0 Å². The molecule has 0 spiro atoms. The van der Waals surface area contributed by atoms with E-state index in [2.05, 4.69) is 12.2 Å². The molecular formula is C15H23FN2O. The number of benzene rings is 1. The molecule has 106 valence electrons. The number of amides is 1. The first-order valence-electron chi connectivity index (χ1n) is 6.87. The third-order valence-corrected chi connectivity index (χ3v) is 3.14. The molecule has 1 atom stereocenters. The summed E-state index contributed by atoms with van der Waals surface area (Å²) < 4.78 is 12.7. The molecule has 19 heavy (non-hydrogen) atoms. The van der Waals surface area contributed by atoms with Gasteiger partial charge in [0.1, 0.15) is 5.82 Å². The van der Waals surface area contributed by atoms with Crippen molar-refractivity contribution in [3.8, 4) is 0 Å². The van der Waals surface area contributed by atoms with Crippen molar-refractivity contribution < 1.29 is 9.18 Å². The second-order valence-corrected chi connectivity index (χ2v) is 4.84. The van der Waals surface area contributed by atoms with Gasteiger partial charge in [0.2, 0.25) is 5.91 Å². The van der Waals surface area contributed by atoms with Crippen LogP contribution >= 0.6 is 0 Å². The number of carbonyl (C=O) groups excluding carboxylic acids is 1. The van der Waals surface area contributed by atoms with Gasteiger partial charge in [0.25, 0.3) is 0 Å². The van der Waals surface area contributed by atoms with E-state index in [1.165, 1.54) is 12.1 Å². The van der Waals surface area contributed by atoms with Crippen molar-refractivity contribution in [1.82, 2.24) is 5.32 Å². The third kappa shape index (κ3) is 6.34. The Morgan fingerprint density at radius 2 is 2.00 bits per heavy atom. The van der Waals surface area contributed by atoms with Crippen molar-refractivity contribution in [2.24, 2.45) is 11.7 Å². The smallest absolute Gasteiger partial charge is 0.224 e. The Kier molecular flexibility index (Phi) is 7.11. The van der Waals surface area contributed by atoms with Crippen molar-refractivity contribution in [2.75, 3.05) is 13.1 Å². The second kappa shape index (κ2) is 8.64. The maximum Gasteiger partial charge on any atom is 0.224 e. The average molecular weight is 266 g/mol. The molecule has 0 saturated heterocycles. The number of halogens is 1. The van der Waals surface area contributed by atoms with Crippen molar-refractivity contribution in [1.29, 1.82) is 0 Å². The van der Waals surface area contributed by atoms with Crippen LogP contribution in [-0.2, 0) is 11.2 Å². The molecule has 0 aromatic heterocycles. The summed E-state index contributed by atoms with van der Waals surface area (Å²) in [4.78, 5) is 11.8. The molecule has 1 unspecified atom stereocenters. The van der Waals surface area contributed by atoms with E-state index in [0.29, 0.717) is 25.4 Å². The number of nitrogens with two attached hydrogens (primary N) is 1. The van der Waals surface area contributed by atoms with Crippen molar-refractivity contribution in [3.05, 3.63) is 35.6 Å². The Morgan fingerprint density at radius 1 is 1.32 bits per heavy atom. The van der Waals surface area contributed by atoms with E-state index < -0.39 is 0 Å². The molecule has 1 rings (SSSR count). The minimum Gasteiger partial charge on any atom is -0.356 e. The minimum absolute atomic E-state index is 0.0234. The fourth-order valence-corrected chi connectivity index (χ4v) is 2.10. The first kappa shape index (κ1) is 15.6. The SMILES string of the molecule is CCCC(CCN)CNC(=O)Cc1ccc(F)cc1. The largest absolute Gasteiger partial charge is 0.356 e. The molecule has 1 amide bonds. The number of hydrogen-bond donors (Lipinski definition) is 2. The fourth-order valence-electron chi connectivity index (χ4n) is 2.10. The molecule has 0 aliphatic carbocycles. The maximum atomic E-state index is 12.7. The molecule has 1 aromatic carbocycles. The van der Waals surface area contributed by atoms with Crippen LogP contribution in [0.1, 0.15) is 31.7 Å². The van der Waals surface area contributed by atoms with Crippen LogP contribution in [0.15, 0.2) is 24.3 Å². The summed E-state index contributed by atoms with van der Waals surface area (Å²) in [5.74, 6) is 0.145. The highest BCUT2D eigenvalue weighted by Gasteiger charge is 2.09. The summed E-state index contributed by atoms with van der Waals surface area (Å²) in [6, 6.07) is 6.02. The molecule has 0 aliphatic heterocycles. The van der Waals surface area contributed by atoms with Crippen LogP contribution in [0.2, 0.25) is 0 Å². The maximum absolute atomic E-state index is 12.7. The molecule has 3 nitrogen and oxygen atoms in total. The summed E-state index contributed by atoms with van der Waals surface area (Å²) in [6.07, 6.45) is 3.40. The predicted octanol–water partition coefficient (Wildman–Crippen LogP) is 2.25. The van der Waals surface area contributed by atoms with Crippen LogP contribution in [0.25, 0.3) is 0 Å². The van der Waals surface area contributed by atoms with Gasteiger partial charge in [-0.1, -0.05) is 25.5 Å². The lowest BCUT2D eigenvalue weighted by Gasteiger charge is -2.15. The summed E-state index contributed by atoms with van der Waals surface area (Å²) in [7, 11) is 0. The van der Waals surface area contributed by atoms with Gasteiger partial charge in [0, 0.05) is 6.54 Å². The van der Waals surface area contributed by atoms with Crippen LogP contribution < -0.4 is 11.1 Å². The van der Waals surface area contributed by atoms with Crippen molar-refractivity contribution in [3.63, 3.8) is 0 Å². The van der Waals surface area contributed by atoms with Gasteiger partial charge >= 0.3 is 0 Å². The normalized spacial score (nSPS) is 12.2. The Labute approximate surface area is 114 Å². The highest BCUT2D eigenvalue weighted by molar-refractivity contribution is 5.78. The number of nitrogens with one attached hydrogen (secondary N) is 1. The Bertz CT molecular complexity index is 372. The van der Waals surface area contributed by atoms with Crippen molar-refractivity contribution >= 4 is 5.91 Å². The number of carbonyl (C=O) groups is 1. The van der Waals surface area contributed by atoms with E-state index in [9.17, 15) is 9.18 Å². The molecule has 1 aromatic rings. The van der Waals surface area contributed by atoms with Crippen LogP contribution in [0.4, 0.5) is 4.39 Å². The minimum atomic E-state index is -0.282. The molecule has 0 fully saturated rings. The lowest BCUT2D eigenvalue weighted by Crippen LogP contribution is -2.31. The van der Waals surface area contributed by atoms with Gasteiger partial charge in [0.05, 0.1) is 6.42 Å². The van der Waals surface area contributed by atoms with Gasteiger partial charge < -0.3 is 11.1 Å². The lowest BCUT2D eigenvalue weighted by molar-refractivity contribution is -0.120. The van der Waals surface area contributed by atoms with E-state index in [4.69, 9.17) is 5.73 Å². The highest BCUT2D eigenvalue weighted by atomic mass is 19.1. The molecule has 4 heteroatoms. The molecule has 3 N–H and O–H groups in total. The summed E-state index contributed by atoms with van der Waals surface area (Å²) in [5.41, 5.74) is 6.38. The van der Waals surface area contributed by atoms with Gasteiger partial charge in [0.15, 0.2) is 0 Å². The Balaban J connectivity index is 2.35. The zero-order valence-corrected chi connectivity index (χ0v) is 11.5. The van der Waals surface area contributed by atoms with Gasteiger partial charge in [-0.15, -0.1) is 0 Å². The van der Waals surface area contributed by atoms with E-state index in [1.807, 2.05) is 0 Å². The molecule has 0 aliphatic rings. The molecule has 0 heterocycles. The lowest BCUT2D eigenvalue weighted by atomic mass is 10.00. The Hall–Kier alpha value is -1.42.